The molecule has 0 aliphatic carbocycles. The van der Waals surface area contributed by atoms with E-state index in [0.29, 0.717) is 5.56 Å². The van der Waals surface area contributed by atoms with Gasteiger partial charge in [-0.1, -0.05) is 29.8 Å². The third kappa shape index (κ3) is 1.71. The SMILES string of the molecule is Cc1cccc(C2C(C(=O)O)CS2(=O)=O)c1. The van der Waals surface area contributed by atoms with Crippen LogP contribution < -0.4 is 0 Å². The van der Waals surface area contributed by atoms with E-state index in [1.54, 1.807) is 18.2 Å². The quantitative estimate of drug-likeness (QED) is 0.842. The van der Waals surface area contributed by atoms with Crippen molar-refractivity contribution in [1.82, 2.24) is 0 Å². The summed E-state index contributed by atoms with van der Waals surface area (Å²) in [5.41, 5.74) is 1.52. The van der Waals surface area contributed by atoms with E-state index in [-0.39, 0.29) is 5.75 Å². The first-order chi connectivity index (χ1) is 7.42. The Morgan fingerprint density at radius 3 is 2.62 bits per heavy atom. The van der Waals surface area contributed by atoms with Crippen LogP contribution in [0.25, 0.3) is 0 Å². The van der Waals surface area contributed by atoms with Crippen molar-refractivity contribution in [2.75, 3.05) is 5.75 Å². The maximum atomic E-state index is 11.6. The highest BCUT2D eigenvalue weighted by molar-refractivity contribution is 7.93. The van der Waals surface area contributed by atoms with Crippen LogP contribution in [0.3, 0.4) is 0 Å². The van der Waals surface area contributed by atoms with Crippen LogP contribution in [0.1, 0.15) is 16.4 Å². The van der Waals surface area contributed by atoms with Gasteiger partial charge in [-0.2, -0.15) is 0 Å². The second kappa shape index (κ2) is 3.59. The Balaban J connectivity index is 2.42. The Morgan fingerprint density at radius 2 is 2.12 bits per heavy atom. The highest BCUT2D eigenvalue weighted by Gasteiger charge is 2.50. The summed E-state index contributed by atoms with van der Waals surface area (Å²) in [5.74, 6) is -2.09. The van der Waals surface area contributed by atoms with Crippen molar-refractivity contribution in [1.29, 1.82) is 0 Å². The summed E-state index contributed by atoms with van der Waals surface area (Å²) in [6.07, 6.45) is 0. The molecule has 4 nitrogen and oxygen atoms in total. The largest absolute Gasteiger partial charge is 0.481 e. The van der Waals surface area contributed by atoms with Gasteiger partial charge in [0.15, 0.2) is 9.84 Å². The van der Waals surface area contributed by atoms with Gasteiger partial charge in [0, 0.05) is 0 Å². The van der Waals surface area contributed by atoms with Crippen LogP contribution in [0, 0.1) is 12.8 Å². The van der Waals surface area contributed by atoms with Gasteiger partial charge in [-0.05, 0) is 12.5 Å². The summed E-state index contributed by atoms with van der Waals surface area (Å²) in [7, 11) is -3.27. The molecule has 0 bridgehead atoms. The maximum absolute atomic E-state index is 11.6. The van der Waals surface area contributed by atoms with Gasteiger partial charge in [-0.15, -0.1) is 0 Å². The van der Waals surface area contributed by atoms with Gasteiger partial charge in [0.05, 0.1) is 11.7 Å². The van der Waals surface area contributed by atoms with Gasteiger partial charge in [0.1, 0.15) is 5.25 Å². The topological polar surface area (TPSA) is 71.4 Å². The van der Waals surface area contributed by atoms with Crippen molar-refractivity contribution in [3.05, 3.63) is 35.4 Å². The molecule has 0 aromatic heterocycles. The number of hydrogen-bond donors (Lipinski definition) is 1. The number of aryl methyl sites for hydroxylation is 1. The molecule has 0 radical (unpaired) electrons. The number of hydrogen-bond acceptors (Lipinski definition) is 3. The number of rotatable bonds is 2. The monoisotopic (exact) mass is 240 g/mol. The van der Waals surface area contributed by atoms with Crippen molar-refractivity contribution in [2.24, 2.45) is 5.92 Å². The van der Waals surface area contributed by atoms with Crippen LogP contribution in [0.2, 0.25) is 0 Å². The molecule has 1 aromatic carbocycles. The van der Waals surface area contributed by atoms with E-state index in [9.17, 15) is 13.2 Å². The number of benzene rings is 1. The third-order valence-electron chi connectivity index (χ3n) is 2.85. The van der Waals surface area contributed by atoms with Crippen molar-refractivity contribution in [3.63, 3.8) is 0 Å². The van der Waals surface area contributed by atoms with Crippen LogP contribution in [-0.2, 0) is 14.6 Å². The first kappa shape index (κ1) is 11.1. The molecule has 2 rings (SSSR count). The molecule has 5 heteroatoms. The number of carboxylic acids is 1. The molecule has 16 heavy (non-hydrogen) atoms. The molecule has 1 heterocycles. The molecule has 0 amide bonds. The second-order valence-electron chi connectivity index (χ2n) is 4.11. The molecule has 1 aliphatic rings. The first-order valence-corrected chi connectivity index (χ1v) is 6.64. The average Bonchev–Trinajstić information content (AvgIpc) is 2.14. The Morgan fingerprint density at radius 1 is 1.44 bits per heavy atom. The minimum Gasteiger partial charge on any atom is -0.481 e. The lowest BCUT2D eigenvalue weighted by molar-refractivity contribution is -0.141. The van der Waals surface area contributed by atoms with Crippen LogP contribution >= 0.6 is 0 Å². The van der Waals surface area contributed by atoms with Gasteiger partial charge in [-0.3, -0.25) is 4.79 Å². The van der Waals surface area contributed by atoms with E-state index in [0.717, 1.165) is 5.56 Å². The predicted molar refractivity (Wildman–Crippen MR) is 58.8 cm³/mol. The van der Waals surface area contributed by atoms with Gasteiger partial charge in [0.2, 0.25) is 0 Å². The Bertz CT molecular complexity index is 533. The van der Waals surface area contributed by atoms with Crippen molar-refractivity contribution < 1.29 is 18.3 Å². The predicted octanol–water partition coefficient (Wildman–Crippen LogP) is 1.17. The van der Waals surface area contributed by atoms with Gasteiger partial charge in [0.25, 0.3) is 0 Å². The van der Waals surface area contributed by atoms with E-state index in [1.807, 2.05) is 13.0 Å². The minimum absolute atomic E-state index is 0.249. The summed E-state index contributed by atoms with van der Waals surface area (Å²) in [6, 6.07) is 7.00. The van der Waals surface area contributed by atoms with E-state index in [4.69, 9.17) is 5.11 Å². The fourth-order valence-corrected chi connectivity index (χ4v) is 4.02. The van der Waals surface area contributed by atoms with Crippen LogP contribution in [0.5, 0.6) is 0 Å². The lowest BCUT2D eigenvalue weighted by Gasteiger charge is -2.33. The molecule has 0 saturated carbocycles. The summed E-state index contributed by atoms with van der Waals surface area (Å²) in [6.45, 7) is 1.85. The average molecular weight is 240 g/mol. The standard InChI is InChI=1S/C11H12O4S/c1-7-3-2-4-8(5-7)10-9(11(12)13)6-16(10,14)15/h2-5,9-10H,6H2,1H3,(H,12,13). The molecule has 0 spiro atoms. The zero-order valence-electron chi connectivity index (χ0n) is 8.75. The number of sulfone groups is 1. The molecular formula is C11H12O4S. The molecule has 1 aliphatic heterocycles. The zero-order chi connectivity index (χ0) is 11.9. The maximum Gasteiger partial charge on any atom is 0.309 e. The Kier molecular flexibility index (Phi) is 2.50. The van der Waals surface area contributed by atoms with Gasteiger partial charge in [-0.25, -0.2) is 8.42 Å². The molecule has 2 unspecified atom stereocenters. The lowest BCUT2D eigenvalue weighted by atomic mass is 9.98. The highest BCUT2D eigenvalue weighted by Crippen LogP contribution is 2.42. The van der Waals surface area contributed by atoms with E-state index < -0.39 is 27.0 Å². The first-order valence-electron chi connectivity index (χ1n) is 4.93. The van der Waals surface area contributed by atoms with Crippen LogP contribution in [0.4, 0.5) is 0 Å². The molecule has 2 atom stereocenters. The summed E-state index contributed by atoms with van der Waals surface area (Å²) < 4.78 is 23.2. The highest BCUT2D eigenvalue weighted by atomic mass is 32.2. The lowest BCUT2D eigenvalue weighted by Crippen LogP contribution is -2.44. The summed E-state index contributed by atoms with van der Waals surface area (Å²) >= 11 is 0. The number of aliphatic carboxylic acids is 1. The Hall–Kier alpha value is -1.36. The number of carboxylic acid groups (broad SMARTS) is 1. The molecular weight excluding hydrogens is 228 g/mol. The molecule has 1 fully saturated rings. The van der Waals surface area contributed by atoms with Crippen molar-refractivity contribution in [3.8, 4) is 0 Å². The smallest absolute Gasteiger partial charge is 0.309 e. The molecule has 1 saturated heterocycles. The van der Waals surface area contributed by atoms with E-state index >= 15 is 0 Å². The normalized spacial score (nSPS) is 27.1. The van der Waals surface area contributed by atoms with Crippen LogP contribution in [-0.4, -0.2) is 25.2 Å². The molecule has 1 N–H and O–H groups in total. The molecule has 86 valence electrons. The zero-order valence-corrected chi connectivity index (χ0v) is 9.57. The summed E-state index contributed by atoms with van der Waals surface area (Å²) in [4.78, 5) is 10.9. The minimum atomic E-state index is -3.27. The van der Waals surface area contributed by atoms with E-state index in [1.165, 1.54) is 0 Å². The van der Waals surface area contributed by atoms with Crippen molar-refractivity contribution in [2.45, 2.75) is 12.2 Å². The molecule has 1 aromatic rings. The number of carbonyl (C=O) groups is 1. The fraction of sp³-hybridized carbons (Fsp3) is 0.364. The fourth-order valence-electron chi connectivity index (χ4n) is 2.06. The summed E-state index contributed by atoms with van der Waals surface area (Å²) in [5, 5.41) is 8.03. The van der Waals surface area contributed by atoms with E-state index in [2.05, 4.69) is 0 Å². The Labute approximate surface area is 93.8 Å². The van der Waals surface area contributed by atoms with Gasteiger partial charge < -0.3 is 5.11 Å². The van der Waals surface area contributed by atoms with Gasteiger partial charge >= 0.3 is 5.97 Å². The van der Waals surface area contributed by atoms with Crippen LogP contribution in [0.15, 0.2) is 24.3 Å². The third-order valence-corrected chi connectivity index (χ3v) is 5.05. The van der Waals surface area contributed by atoms with Crippen molar-refractivity contribution >= 4 is 15.8 Å². The second-order valence-corrected chi connectivity index (χ2v) is 6.28.